The maximum Gasteiger partial charge on any atom is 0.313 e. The van der Waals surface area contributed by atoms with Crippen molar-refractivity contribution < 1.29 is 9.90 Å². The van der Waals surface area contributed by atoms with Crippen molar-refractivity contribution in [2.24, 2.45) is 0 Å². The fraction of sp³-hybridized carbons (Fsp3) is 0.222. The van der Waals surface area contributed by atoms with E-state index in [1.54, 1.807) is 10.9 Å². The van der Waals surface area contributed by atoms with Crippen molar-refractivity contribution in [1.82, 2.24) is 14.8 Å². The molecule has 0 aliphatic heterocycles. The van der Waals surface area contributed by atoms with Gasteiger partial charge in [0, 0.05) is 4.88 Å². The van der Waals surface area contributed by atoms with Crippen molar-refractivity contribution in [2.75, 3.05) is 5.75 Å². The van der Waals surface area contributed by atoms with Gasteiger partial charge in [0.25, 0.3) is 0 Å². The molecule has 0 aromatic carbocycles. The van der Waals surface area contributed by atoms with E-state index in [0.29, 0.717) is 11.7 Å². The van der Waals surface area contributed by atoms with Gasteiger partial charge in [-0.05, 0) is 12.1 Å². The Balaban J connectivity index is 2.06. The molecule has 1 N–H and O–H groups in total. The van der Waals surface area contributed by atoms with Gasteiger partial charge < -0.3 is 9.67 Å². The minimum Gasteiger partial charge on any atom is -0.481 e. The number of nitrogens with zero attached hydrogens (tertiary/aromatic N) is 3. The fourth-order valence-corrected chi connectivity index (χ4v) is 2.92. The number of carboxylic acids is 1. The standard InChI is InChI=1S/C9H8ClN3O2S2/c10-7-2-1-6(17-7)3-13-5-11-12-9(13)16-4-8(14)15/h1-2,5H,3-4H2,(H,14,15). The lowest BCUT2D eigenvalue weighted by molar-refractivity contribution is -0.133. The second-order valence-corrected chi connectivity index (χ2v) is 5.87. The number of thiophene rings is 1. The van der Waals surface area contributed by atoms with Crippen LogP contribution in [0.15, 0.2) is 23.6 Å². The molecular formula is C9H8ClN3O2S2. The molecule has 8 heteroatoms. The third-order valence-electron chi connectivity index (χ3n) is 1.86. The number of hydrogen-bond acceptors (Lipinski definition) is 5. The number of hydrogen-bond donors (Lipinski definition) is 1. The third kappa shape index (κ3) is 3.45. The summed E-state index contributed by atoms with van der Waals surface area (Å²) in [6, 6.07) is 3.76. The number of halogens is 1. The Morgan fingerprint density at radius 3 is 3.06 bits per heavy atom. The molecule has 0 aliphatic rings. The van der Waals surface area contributed by atoms with Crippen molar-refractivity contribution in [3.63, 3.8) is 0 Å². The first kappa shape index (κ1) is 12.4. The van der Waals surface area contributed by atoms with E-state index in [4.69, 9.17) is 16.7 Å². The molecule has 5 nitrogen and oxygen atoms in total. The number of aromatic nitrogens is 3. The lowest BCUT2D eigenvalue weighted by atomic mass is 10.5. The lowest BCUT2D eigenvalue weighted by Gasteiger charge is -2.02. The van der Waals surface area contributed by atoms with Crippen LogP contribution in [-0.2, 0) is 11.3 Å². The average molecular weight is 290 g/mol. The van der Waals surface area contributed by atoms with Crippen LogP contribution in [0.5, 0.6) is 0 Å². The molecule has 90 valence electrons. The number of rotatable bonds is 5. The van der Waals surface area contributed by atoms with E-state index >= 15 is 0 Å². The molecule has 0 aliphatic carbocycles. The predicted octanol–water partition coefficient (Wildman–Crippen LogP) is 2.22. The highest BCUT2D eigenvalue weighted by atomic mass is 35.5. The largest absolute Gasteiger partial charge is 0.481 e. The Hall–Kier alpha value is -1.05. The molecule has 2 aromatic heterocycles. The molecule has 0 radical (unpaired) electrons. The van der Waals surface area contributed by atoms with E-state index in [0.717, 1.165) is 21.0 Å². The fourth-order valence-electron chi connectivity index (χ4n) is 1.20. The molecule has 0 fully saturated rings. The van der Waals surface area contributed by atoms with Gasteiger partial charge in [-0.25, -0.2) is 0 Å². The highest BCUT2D eigenvalue weighted by Gasteiger charge is 2.09. The number of carbonyl (C=O) groups is 1. The second-order valence-electron chi connectivity index (χ2n) is 3.13. The first-order valence-corrected chi connectivity index (χ1v) is 6.80. The summed E-state index contributed by atoms with van der Waals surface area (Å²) in [4.78, 5) is 11.5. The van der Waals surface area contributed by atoms with Crippen LogP contribution in [0.3, 0.4) is 0 Å². The van der Waals surface area contributed by atoms with Crippen LogP contribution in [0.1, 0.15) is 4.88 Å². The molecule has 0 saturated carbocycles. The van der Waals surface area contributed by atoms with Crippen molar-refractivity contribution >= 4 is 40.7 Å². The summed E-state index contributed by atoms with van der Waals surface area (Å²) in [6.07, 6.45) is 1.58. The second kappa shape index (κ2) is 5.52. The van der Waals surface area contributed by atoms with Gasteiger partial charge in [-0.2, -0.15) is 0 Å². The van der Waals surface area contributed by atoms with Gasteiger partial charge in [0.1, 0.15) is 6.33 Å². The first-order valence-electron chi connectivity index (χ1n) is 4.62. The zero-order valence-corrected chi connectivity index (χ0v) is 10.9. The van der Waals surface area contributed by atoms with Gasteiger partial charge in [-0.15, -0.1) is 21.5 Å². The summed E-state index contributed by atoms with van der Waals surface area (Å²) in [5, 5.41) is 16.8. The van der Waals surface area contributed by atoms with Gasteiger partial charge in [-0.1, -0.05) is 23.4 Å². The number of aliphatic carboxylic acids is 1. The molecule has 17 heavy (non-hydrogen) atoms. The Bertz CT molecular complexity index is 526. The summed E-state index contributed by atoms with van der Waals surface area (Å²) in [7, 11) is 0. The summed E-state index contributed by atoms with van der Waals surface area (Å²) in [6.45, 7) is 0.604. The average Bonchev–Trinajstić information content (AvgIpc) is 2.86. The topological polar surface area (TPSA) is 68.0 Å². The molecule has 2 aromatic rings. The Morgan fingerprint density at radius 1 is 1.59 bits per heavy atom. The maximum absolute atomic E-state index is 10.5. The van der Waals surface area contributed by atoms with Crippen molar-refractivity contribution in [1.29, 1.82) is 0 Å². The molecular weight excluding hydrogens is 282 g/mol. The van der Waals surface area contributed by atoms with E-state index in [2.05, 4.69) is 10.2 Å². The van der Waals surface area contributed by atoms with Gasteiger partial charge in [0.05, 0.1) is 16.6 Å². The highest BCUT2D eigenvalue weighted by Crippen LogP contribution is 2.23. The number of thioether (sulfide) groups is 1. The minimum absolute atomic E-state index is 0.0239. The van der Waals surface area contributed by atoms with Crippen LogP contribution in [-0.4, -0.2) is 31.6 Å². The lowest BCUT2D eigenvalue weighted by Crippen LogP contribution is -2.02. The number of carboxylic acid groups (broad SMARTS) is 1. The minimum atomic E-state index is -0.872. The third-order valence-corrected chi connectivity index (χ3v) is 4.04. The molecule has 0 bridgehead atoms. The van der Waals surface area contributed by atoms with E-state index in [-0.39, 0.29) is 5.75 Å². The maximum atomic E-state index is 10.5. The molecule has 0 atom stereocenters. The molecule has 0 amide bonds. The first-order chi connectivity index (χ1) is 8.15. The summed E-state index contributed by atoms with van der Waals surface area (Å²) in [5.74, 6) is -0.895. The van der Waals surface area contributed by atoms with Crippen LogP contribution < -0.4 is 0 Å². The van der Waals surface area contributed by atoms with Crippen LogP contribution in [0.2, 0.25) is 4.34 Å². The zero-order chi connectivity index (χ0) is 12.3. The highest BCUT2D eigenvalue weighted by molar-refractivity contribution is 7.99. The van der Waals surface area contributed by atoms with Gasteiger partial charge in [-0.3, -0.25) is 4.79 Å². The van der Waals surface area contributed by atoms with Crippen LogP contribution in [0, 0.1) is 0 Å². The van der Waals surface area contributed by atoms with Crippen molar-refractivity contribution in [2.45, 2.75) is 11.7 Å². The zero-order valence-electron chi connectivity index (χ0n) is 8.54. The summed E-state index contributed by atoms with van der Waals surface area (Å²) in [5.41, 5.74) is 0. The molecule has 0 spiro atoms. The van der Waals surface area contributed by atoms with Crippen molar-refractivity contribution in [3.8, 4) is 0 Å². The van der Waals surface area contributed by atoms with E-state index in [9.17, 15) is 4.79 Å². The normalized spacial score (nSPS) is 10.6. The van der Waals surface area contributed by atoms with Gasteiger partial charge in [0.2, 0.25) is 0 Å². The van der Waals surface area contributed by atoms with E-state index in [1.165, 1.54) is 11.3 Å². The predicted molar refractivity (Wildman–Crippen MR) is 66.8 cm³/mol. The Labute approximate surface area is 110 Å². The summed E-state index contributed by atoms with van der Waals surface area (Å²) < 4.78 is 2.53. The van der Waals surface area contributed by atoms with Gasteiger partial charge in [0.15, 0.2) is 5.16 Å². The molecule has 2 heterocycles. The van der Waals surface area contributed by atoms with Crippen LogP contribution in [0.4, 0.5) is 0 Å². The SMILES string of the molecule is O=C(O)CSc1nncn1Cc1ccc(Cl)s1. The van der Waals surface area contributed by atoms with E-state index < -0.39 is 5.97 Å². The summed E-state index contributed by atoms with van der Waals surface area (Å²) >= 11 is 8.47. The molecule has 0 saturated heterocycles. The quantitative estimate of drug-likeness (QED) is 0.855. The molecule has 2 rings (SSSR count). The van der Waals surface area contributed by atoms with Gasteiger partial charge >= 0.3 is 5.97 Å². The van der Waals surface area contributed by atoms with E-state index in [1.807, 2.05) is 12.1 Å². The Morgan fingerprint density at radius 2 is 2.41 bits per heavy atom. The Kier molecular flexibility index (Phi) is 4.03. The monoisotopic (exact) mass is 289 g/mol. The smallest absolute Gasteiger partial charge is 0.313 e. The van der Waals surface area contributed by atoms with Crippen LogP contribution >= 0.6 is 34.7 Å². The van der Waals surface area contributed by atoms with Crippen LogP contribution in [0.25, 0.3) is 0 Å². The molecule has 0 unspecified atom stereocenters. The van der Waals surface area contributed by atoms with Crippen molar-refractivity contribution in [3.05, 3.63) is 27.7 Å².